The van der Waals surface area contributed by atoms with E-state index in [1.807, 2.05) is 0 Å². The molecule has 0 heterocycles. The van der Waals surface area contributed by atoms with Crippen LogP contribution >= 0.6 is 0 Å². The molecule has 0 aliphatic heterocycles. The lowest BCUT2D eigenvalue weighted by molar-refractivity contribution is -0.167. The molecule has 6 heteroatoms. The highest BCUT2D eigenvalue weighted by atomic mass is 16.6. The Kier molecular flexibility index (Phi) is 62.3. The quantitative estimate of drug-likeness (QED) is 0.0261. The third kappa shape index (κ3) is 64.3. The Balaban J connectivity index is 4.23. The average Bonchev–Trinajstić information content (AvgIpc) is 3.45. The summed E-state index contributed by atoms with van der Waals surface area (Å²) in [5.41, 5.74) is 0. The molecule has 0 saturated carbocycles. The lowest BCUT2D eigenvalue weighted by Crippen LogP contribution is -2.30. The van der Waals surface area contributed by atoms with E-state index in [2.05, 4.69) is 154 Å². The van der Waals surface area contributed by atoms with Crippen molar-refractivity contribution in [2.24, 2.45) is 0 Å². The van der Waals surface area contributed by atoms with Crippen LogP contribution in [0.3, 0.4) is 0 Å². The zero-order chi connectivity index (χ0) is 57.1. The monoisotopic (exact) mass is 1090 g/mol. The first-order valence-electron chi connectivity index (χ1n) is 32.7. The van der Waals surface area contributed by atoms with Gasteiger partial charge in [-0.05, 0) is 122 Å². The van der Waals surface area contributed by atoms with Crippen LogP contribution in [0.25, 0.3) is 0 Å². The lowest BCUT2D eigenvalue weighted by Gasteiger charge is -2.18. The molecule has 0 amide bonds. The summed E-state index contributed by atoms with van der Waals surface area (Å²) in [7, 11) is 0. The molecule has 0 aliphatic rings. The van der Waals surface area contributed by atoms with Gasteiger partial charge in [0.25, 0.3) is 0 Å². The average molecular weight is 1090 g/mol. The van der Waals surface area contributed by atoms with Crippen molar-refractivity contribution < 1.29 is 28.6 Å². The van der Waals surface area contributed by atoms with Crippen molar-refractivity contribution >= 4 is 17.9 Å². The first kappa shape index (κ1) is 74.5. The zero-order valence-electron chi connectivity index (χ0n) is 51.3. The Bertz CT molecular complexity index is 1680. The fourth-order valence-corrected chi connectivity index (χ4v) is 8.76. The molecule has 79 heavy (non-hydrogen) atoms. The molecule has 0 N–H and O–H groups in total. The molecule has 1 unspecified atom stereocenters. The maximum Gasteiger partial charge on any atom is 0.306 e. The predicted molar refractivity (Wildman–Crippen MR) is 343 cm³/mol. The van der Waals surface area contributed by atoms with Crippen molar-refractivity contribution in [1.29, 1.82) is 0 Å². The molecule has 0 bridgehead atoms. The van der Waals surface area contributed by atoms with Gasteiger partial charge in [-0.1, -0.05) is 283 Å². The van der Waals surface area contributed by atoms with Gasteiger partial charge in [0, 0.05) is 19.3 Å². The number of allylic oxidation sites excluding steroid dienone is 22. The maximum atomic E-state index is 12.9. The summed E-state index contributed by atoms with van der Waals surface area (Å²) in [5.74, 6) is -0.912. The number of hydrogen-bond donors (Lipinski definition) is 0. The number of carbonyl (C=O) groups is 3. The van der Waals surface area contributed by atoms with Crippen LogP contribution in [0.5, 0.6) is 0 Å². The van der Waals surface area contributed by atoms with Gasteiger partial charge in [0.1, 0.15) is 13.2 Å². The zero-order valence-corrected chi connectivity index (χ0v) is 51.3. The maximum absolute atomic E-state index is 12.9. The molecule has 448 valence electrons. The van der Waals surface area contributed by atoms with E-state index in [1.165, 1.54) is 103 Å². The molecule has 0 aromatic carbocycles. The Labute approximate surface area is 487 Å². The fraction of sp³-hybridized carbons (Fsp3) is 0.658. The van der Waals surface area contributed by atoms with Gasteiger partial charge in [0.15, 0.2) is 6.10 Å². The van der Waals surface area contributed by atoms with Crippen LogP contribution in [0.2, 0.25) is 0 Å². The van der Waals surface area contributed by atoms with E-state index in [-0.39, 0.29) is 31.1 Å². The number of ether oxygens (including phenoxy) is 3. The molecule has 0 aliphatic carbocycles. The summed E-state index contributed by atoms with van der Waals surface area (Å²) >= 11 is 0. The van der Waals surface area contributed by atoms with Crippen molar-refractivity contribution in [2.45, 2.75) is 297 Å². The standard InChI is InChI=1S/C73H120O6/c1-4-7-10-13-16-19-22-24-26-28-29-30-31-32-33-34-35-36-37-38-39-40-41-42-43-44-45-46-48-49-51-54-57-60-63-66-72(75)78-69-70(68-77-71(74)65-62-59-56-53-21-18-15-12-9-6-3)79-73(76)67-64-61-58-55-52-50-47-27-25-23-20-17-14-11-8-5-2/h7,10,16,19-20,23-24,26-27,29-30,32-33,35-36,38-39,41-42,44-45,47,70H,4-6,8-9,11-15,17-18,21-22,25,28,31,34,37,40,43,46,48-69H2,1-3H3/b10-7-,19-16-,23-20-,26-24-,30-29-,33-32-,36-35-,39-38-,42-41-,45-44-,47-27-. The highest BCUT2D eigenvalue weighted by Gasteiger charge is 2.19. The molecule has 0 radical (unpaired) electrons. The third-order valence-corrected chi connectivity index (χ3v) is 13.6. The fourth-order valence-electron chi connectivity index (χ4n) is 8.76. The van der Waals surface area contributed by atoms with Crippen LogP contribution in [0.15, 0.2) is 134 Å². The molecule has 0 rings (SSSR count). The summed E-state index contributed by atoms with van der Waals surface area (Å²) < 4.78 is 16.9. The second-order valence-corrected chi connectivity index (χ2v) is 21.3. The molecule has 1 atom stereocenters. The van der Waals surface area contributed by atoms with Crippen LogP contribution in [-0.2, 0) is 28.6 Å². The van der Waals surface area contributed by atoms with Crippen LogP contribution in [0, 0.1) is 0 Å². The molecule has 0 fully saturated rings. The van der Waals surface area contributed by atoms with E-state index >= 15 is 0 Å². The number of unbranched alkanes of at least 4 members (excludes halogenated alkanes) is 25. The molecule has 0 saturated heterocycles. The minimum absolute atomic E-state index is 0.0875. The smallest absolute Gasteiger partial charge is 0.306 e. The summed E-state index contributed by atoms with van der Waals surface area (Å²) in [5, 5.41) is 0. The first-order valence-corrected chi connectivity index (χ1v) is 32.7. The second kappa shape index (κ2) is 66.1. The van der Waals surface area contributed by atoms with Crippen LogP contribution in [-0.4, -0.2) is 37.2 Å². The highest BCUT2D eigenvalue weighted by molar-refractivity contribution is 5.71. The number of rotatable bonds is 58. The molecule has 0 aromatic heterocycles. The Hall–Kier alpha value is -4.45. The lowest BCUT2D eigenvalue weighted by atomic mass is 10.1. The van der Waals surface area contributed by atoms with E-state index in [1.54, 1.807) is 0 Å². The second-order valence-electron chi connectivity index (χ2n) is 21.3. The van der Waals surface area contributed by atoms with Gasteiger partial charge in [-0.15, -0.1) is 0 Å². The van der Waals surface area contributed by atoms with E-state index in [9.17, 15) is 14.4 Å². The van der Waals surface area contributed by atoms with E-state index in [0.29, 0.717) is 19.3 Å². The Morgan fingerprint density at radius 3 is 0.785 bits per heavy atom. The normalized spacial score (nSPS) is 13.0. The molecular formula is C73H120O6. The summed E-state index contributed by atoms with van der Waals surface area (Å²) in [6, 6.07) is 0. The van der Waals surface area contributed by atoms with Gasteiger partial charge >= 0.3 is 17.9 Å². The van der Waals surface area contributed by atoms with Crippen molar-refractivity contribution in [3.63, 3.8) is 0 Å². The SMILES string of the molecule is CC/C=C\C/C=C\C/C=C\C/C=C\C/C=C\C/C=C\C/C=C\C/C=C\C/C=C\CCCCCCCCCC(=O)OCC(COC(=O)CCCCCCCCCCCC)OC(=O)CCCCCCC/C=C\C/C=C\CCCCCC. The number of hydrogen-bond acceptors (Lipinski definition) is 6. The first-order chi connectivity index (χ1) is 39.0. The Morgan fingerprint density at radius 1 is 0.266 bits per heavy atom. The minimum atomic E-state index is -0.792. The van der Waals surface area contributed by atoms with Gasteiger partial charge in [-0.2, -0.15) is 0 Å². The number of carbonyl (C=O) groups excluding carboxylic acids is 3. The van der Waals surface area contributed by atoms with Crippen molar-refractivity contribution in [3.05, 3.63) is 134 Å². The van der Waals surface area contributed by atoms with Crippen LogP contribution in [0.1, 0.15) is 290 Å². The summed E-state index contributed by atoms with van der Waals surface area (Å²) in [6.45, 7) is 6.48. The van der Waals surface area contributed by atoms with E-state index in [0.717, 1.165) is 148 Å². The van der Waals surface area contributed by atoms with Gasteiger partial charge in [0.2, 0.25) is 0 Å². The van der Waals surface area contributed by atoms with E-state index in [4.69, 9.17) is 14.2 Å². The number of esters is 3. The van der Waals surface area contributed by atoms with Crippen LogP contribution < -0.4 is 0 Å². The summed E-state index contributed by atoms with van der Waals surface area (Å²) in [4.78, 5) is 38.2. The topological polar surface area (TPSA) is 78.9 Å². The van der Waals surface area contributed by atoms with Gasteiger partial charge in [0.05, 0.1) is 0 Å². The minimum Gasteiger partial charge on any atom is -0.462 e. The third-order valence-electron chi connectivity index (χ3n) is 13.6. The van der Waals surface area contributed by atoms with Gasteiger partial charge in [-0.25, -0.2) is 0 Å². The molecular weight excluding hydrogens is 973 g/mol. The molecule has 0 spiro atoms. The summed E-state index contributed by atoms with van der Waals surface area (Å²) in [6.07, 6.45) is 93.2. The van der Waals surface area contributed by atoms with E-state index < -0.39 is 6.10 Å². The van der Waals surface area contributed by atoms with Gasteiger partial charge in [-0.3, -0.25) is 14.4 Å². The highest BCUT2D eigenvalue weighted by Crippen LogP contribution is 2.15. The predicted octanol–water partition coefficient (Wildman–Crippen LogP) is 22.5. The molecule has 0 aromatic rings. The van der Waals surface area contributed by atoms with Crippen molar-refractivity contribution in [1.82, 2.24) is 0 Å². The van der Waals surface area contributed by atoms with Crippen molar-refractivity contribution in [2.75, 3.05) is 13.2 Å². The Morgan fingerprint density at radius 2 is 0.494 bits per heavy atom. The van der Waals surface area contributed by atoms with Crippen molar-refractivity contribution in [3.8, 4) is 0 Å². The van der Waals surface area contributed by atoms with Gasteiger partial charge < -0.3 is 14.2 Å². The molecule has 6 nitrogen and oxygen atoms in total. The van der Waals surface area contributed by atoms with Crippen LogP contribution in [0.4, 0.5) is 0 Å². The largest absolute Gasteiger partial charge is 0.462 e.